The van der Waals surface area contributed by atoms with Gasteiger partial charge in [0.2, 0.25) is 0 Å². The van der Waals surface area contributed by atoms with Crippen LogP contribution in [0, 0.1) is 23.7 Å². The average molecular weight is 856 g/mol. The molecule has 3 saturated heterocycles. The zero-order valence-corrected chi connectivity index (χ0v) is 37.9. The van der Waals surface area contributed by atoms with Crippen molar-refractivity contribution in [2.45, 2.75) is 161 Å². The number of esters is 2. The number of amides is 1. The second kappa shape index (κ2) is 20.5. The third-order valence-electron chi connectivity index (χ3n) is 13.3. The largest absolute Gasteiger partial charge is 0.461 e. The van der Waals surface area contributed by atoms with Crippen LogP contribution in [0.2, 0.25) is 0 Å². The molecule has 0 radical (unpaired) electrons. The smallest absolute Gasteiger partial charge is 0.410 e. The van der Waals surface area contributed by atoms with Gasteiger partial charge in [-0.05, 0) is 86.0 Å². The van der Waals surface area contributed by atoms with Crippen molar-refractivity contribution < 1.29 is 52.7 Å². The van der Waals surface area contributed by atoms with E-state index < -0.39 is 89.7 Å². The van der Waals surface area contributed by atoms with Crippen LogP contribution in [0.3, 0.4) is 0 Å². The molecule has 0 saturated carbocycles. The summed E-state index contributed by atoms with van der Waals surface area (Å²) in [7, 11) is 5.28. The van der Waals surface area contributed by atoms with Crippen molar-refractivity contribution in [3.63, 3.8) is 0 Å². The Hall–Kier alpha value is -3.96. The summed E-state index contributed by atoms with van der Waals surface area (Å²) in [5.74, 6) is -4.76. The molecule has 3 aliphatic rings. The van der Waals surface area contributed by atoms with Gasteiger partial charge in [0.15, 0.2) is 11.9 Å². The number of likely N-dealkylation sites (N-methyl/N-ethyl adjacent to an activating group) is 1. The number of hydrogen-bond donors (Lipinski definition) is 1. The van der Waals surface area contributed by atoms with E-state index >= 15 is 0 Å². The van der Waals surface area contributed by atoms with Crippen LogP contribution >= 0.6 is 0 Å². The number of fused-ring (bicyclic) bond motifs is 1. The van der Waals surface area contributed by atoms with Crippen molar-refractivity contribution in [3.8, 4) is 0 Å². The Morgan fingerprint density at radius 1 is 1.03 bits per heavy atom. The molecule has 14 atom stereocenters. The third kappa shape index (κ3) is 10.8. The number of unbranched alkanes of at least 4 members (excludes halogenated alkanes) is 1. The van der Waals surface area contributed by atoms with Gasteiger partial charge in [0, 0.05) is 62.6 Å². The number of imidazole rings is 1. The van der Waals surface area contributed by atoms with Crippen LogP contribution in [0.1, 0.15) is 93.2 Å². The van der Waals surface area contributed by atoms with Crippen molar-refractivity contribution in [3.05, 3.63) is 48.8 Å². The van der Waals surface area contributed by atoms with Crippen LogP contribution in [-0.2, 0) is 55.8 Å². The summed E-state index contributed by atoms with van der Waals surface area (Å²) in [6.07, 6.45) is 2.83. The van der Waals surface area contributed by atoms with E-state index in [4.69, 9.17) is 28.4 Å². The molecule has 5 rings (SSSR count). The molecule has 0 aromatic carbocycles. The number of aliphatic hydroxyl groups excluding tert-OH is 1. The van der Waals surface area contributed by atoms with E-state index in [0.717, 1.165) is 6.42 Å². The molecule has 1 amide bonds. The van der Waals surface area contributed by atoms with Crippen LogP contribution in [0.25, 0.3) is 0 Å². The van der Waals surface area contributed by atoms with Crippen molar-refractivity contribution in [2.24, 2.45) is 23.7 Å². The Labute approximate surface area is 360 Å². The number of hydrogen-bond acceptors (Lipinski definition) is 14. The molecule has 5 heterocycles. The Morgan fingerprint density at radius 3 is 2.38 bits per heavy atom. The summed E-state index contributed by atoms with van der Waals surface area (Å²) in [5, 5.41) is 11.7. The number of rotatable bonds is 13. The SMILES string of the molecule is CC[C@H]1OC(=O)[C@H](C)[C@@H](OC(=O)Cc2ccccn2)[C@H](C)[C@@H](O[C@@H]2O[C@H](C)C[C@H](N(C)C)[C@H]2O)[C@](C)(OC)C[C@@H](C)C(=O)[C@H](C)[C@H]2N(CCCCn3ccnc3)C(=O)O[C@]12C. The first kappa shape index (κ1) is 48.1. The number of ketones is 1. The molecule has 0 spiro atoms. The summed E-state index contributed by atoms with van der Waals surface area (Å²) < 4.78 is 40.3. The van der Waals surface area contributed by atoms with E-state index in [1.807, 2.05) is 57.5 Å². The third-order valence-corrected chi connectivity index (χ3v) is 13.3. The van der Waals surface area contributed by atoms with Gasteiger partial charge in [-0.15, -0.1) is 0 Å². The lowest BCUT2D eigenvalue weighted by Gasteiger charge is -2.48. The van der Waals surface area contributed by atoms with Crippen molar-refractivity contribution in [2.75, 3.05) is 27.7 Å². The zero-order chi connectivity index (χ0) is 44.8. The molecule has 16 nitrogen and oxygen atoms in total. The van der Waals surface area contributed by atoms with Crippen LogP contribution in [0.15, 0.2) is 43.1 Å². The zero-order valence-electron chi connectivity index (χ0n) is 37.9. The van der Waals surface area contributed by atoms with E-state index in [-0.39, 0.29) is 37.2 Å². The van der Waals surface area contributed by atoms with Gasteiger partial charge in [0.05, 0.1) is 48.2 Å². The minimum absolute atomic E-state index is 0.130. The molecule has 3 fully saturated rings. The van der Waals surface area contributed by atoms with Crippen LogP contribution in [0.4, 0.5) is 4.79 Å². The molecule has 0 aliphatic carbocycles. The summed E-state index contributed by atoms with van der Waals surface area (Å²) in [4.78, 5) is 69.2. The highest BCUT2D eigenvalue weighted by molar-refractivity contribution is 5.85. The van der Waals surface area contributed by atoms with E-state index in [0.29, 0.717) is 31.6 Å². The second-order valence-corrected chi connectivity index (χ2v) is 18.1. The van der Waals surface area contributed by atoms with Gasteiger partial charge in [-0.3, -0.25) is 19.4 Å². The van der Waals surface area contributed by atoms with E-state index in [1.54, 1.807) is 69.5 Å². The molecule has 0 unspecified atom stereocenters. The summed E-state index contributed by atoms with van der Waals surface area (Å²) in [5.41, 5.74) is -2.21. The first-order chi connectivity index (χ1) is 28.8. The number of carbonyl (C=O) groups excluding carboxylic acids is 4. The number of aliphatic hydroxyl groups is 1. The van der Waals surface area contributed by atoms with Gasteiger partial charge in [0.1, 0.15) is 24.1 Å². The monoisotopic (exact) mass is 855 g/mol. The van der Waals surface area contributed by atoms with Gasteiger partial charge in [0.25, 0.3) is 0 Å². The van der Waals surface area contributed by atoms with Crippen LogP contribution < -0.4 is 0 Å². The number of pyridine rings is 1. The fraction of sp³-hybridized carbons (Fsp3) is 0.733. The molecule has 0 bridgehead atoms. The number of nitrogens with zero attached hydrogens (tertiary/aromatic N) is 5. The van der Waals surface area contributed by atoms with Crippen LogP contribution in [0.5, 0.6) is 0 Å². The molecule has 1 N–H and O–H groups in total. The molecule has 61 heavy (non-hydrogen) atoms. The van der Waals surface area contributed by atoms with Gasteiger partial charge in [-0.2, -0.15) is 0 Å². The van der Waals surface area contributed by atoms with Crippen LogP contribution in [-0.4, -0.2) is 141 Å². The predicted molar refractivity (Wildman–Crippen MR) is 224 cm³/mol. The molecule has 16 heteroatoms. The molecule has 3 aliphatic heterocycles. The first-order valence-electron chi connectivity index (χ1n) is 21.8. The van der Waals surface area contributed by atoms with Gasteiger partial charge < -0.3 is 47.9 Å². The maximum Gasteiger partial charge on any atom is 0.410 e. The quantitative estimate of drug-likeness (QED) is 0.164. The van der Waals surface area contributed by atoms with Gasteiger partial charge in [-0.25, -0.2) is 9.78 Å². The predicted octanol–water partition coefficient (Wildman–Crippen LogP) is 4.85. The van der Waals surface area contributed by atoms with Crippen molar-refractivity contribution >= 4 is 23.8 Å². The summed E-state index contributed by atoms with van der Waals surface area (Å²) in [6.45, 7) is 15.4. The Bertz CT molecular complexity index is 1770. The number of carbonyl (C=O) groups is 4. The van der Waals surface area contributed by atoms with Gasteiger partial charge >= 0.3 is 18.0 Å². The topological polar surface area (TPSA) is 181 Å². The van der Waals surface area contributed by atoms with Gasteiger partial charge in [-0.1, -0.05) is 33.8 Å². The van der Waals surface area contributed by atoms with E-state index in [2.05, 4.69) is 9.97 Å². The molecular weight excluding hydrogens is 787 g/mol. The lowest BCUT2D eigenvalue weighted by molar-refractivity contribution is -0.301. The Morgan fingerprint density at radius 2 is 1.75 bits per heavy atom. The number of methoxy groups -OCH3 is 1. The maximum absolute atomic E-state index is 14.9. The average Bonchev–Trinajstić information content (AvgIpc) is 3.84. The van der Waals surface area contributed by atoms with E-state index in [9.17, 15) is 24.3 Å². The first-order valence-corrected chi connectivity index (χ1v) is 21.8. The number of ether oxygens (including phenoxy) is 6. The molecule has 340 valence electrons. The fourth-order valence-electron chi connectivity index (χ4n) is 9.90. The second-order valence-electron chi connectivity index (χ2n) is 18.1. The standard InChI is InChI=1S/C45H69N5O11/c1-12-34-45(8)39(50(43(55)61-45)21-16-15-20-49-22-19-46-26-49)29(4)36(52)27(2)25-44(7,56-11)40(60-42-37(53)33(48(9)10)23-28(3)57-42)30(5)38(31(6)41(54)58-34)59-35(51)24-32-17-13-14-18-47-32/h13-14,17-19,22,26-31,33-34,37-40,42,53H,12,15-16,20-21,23-25H2,1-11H3/t27-,28-,29+,30+,31-,33+,34-,37-,38+,39-,40-,42+,44-,45-/m1/s1. The summed E-state index contributed by atoms with van der Waals surface area (Å²) in [6, 6.07) is 4.13. The number of aromatic nitrogens is 3. The number of aryl methyl sites for hydroxylation is 1. The maximum atomic E-state index is 14.9. The minimum atomic E-state index is -1.41. The van der Waals surface area contributed by atoms with E-state index in [1.165, 1.54) is 7.11 Å². The van der Waals surface area contributed by atoms with Crippen molar-refractivity contribution in [1.29, 1.82) is 0 Å². The molecule has 2 aromatic rings. The Kier molecular flexibility index (Phi) is 16.1. The number of cyclic esters (lactones) is 1. The highest BCUT2D eigenvalue weighted by atomic mass is 16.7. The highest BCUT2D eigenvalue weighted by Gasteiger charge is 2.60. The van der Waals surface area contributed by atoms with Crippen molar-refractivity contribution in [1.82, 2.24) is 24.3 Å². The normalized spacial score (nSPS) is 36.5. The minimum Gasteiger partial charge on any atom is -0.461 e. The highest BCUT2D eigenvalue weighted by Crippen LogP contribution is 2.44. The summed E-state index contributed by atoms with van der Waals surface area (Å²) >= 11 is 0. The lowest BCUT2D eigenvalue weighted by atomic mass is 9.73. The number of Topliss-reactive ketones (excluding diaryl/α,β-unsaturated/α-hetero) is 1. The Balaban J connectivity index is 1.57. The lowest BCUT2D eigenvalue weighted by Crippen LogP contribution is -2.61. The molecule has 2 aromatic heterocycles. The molecular formula is C45H69N5O11. The fourth-order valence-corrected chi connectivity index (χ4v) is 9.90.